The summed E-state index contributed by atoms with van der Waals surface area (Å²) in [6, 6.07) is 8.18. The molecule has 0 bridgehead atoms. The number of rotatable bonds is 5. The van der Waals surface area contributed by atoms with Crippen molar-refractivity contribution in [3.8, 4) is 5.75 Å². The zero-order valence-electron chi connectivity index (χ0n) is 13.1. The fourth-order valence-corrected chi connectivity index (χ4v) is 2.52. The predicted octanol–water partition coefficient (Wildman–Crippen LogP) is 1.12. The van der Waals surface area contributed by atoms with Crippen LogP contribution in [0.25, 0.3) is 0 Å². The normalized spacial score (nSPS) is 16.9. The summed E-state index contributed by atoms with van der Waals surface area (Å²) in [5.74, 6) is 1.05. The van der Waals surface area contributed by atoms with Gasteiger partial charge in [0.1, 0.15) is 5.75 Å². The molecule has 0 spiro atoms. The average Bonchev–Trinajstić information content (AvgIpc) is 2.54. The van der Waals surface area contributed by atoms with Crippen molar-refractivity contribution >= 4 is 5.91 Å². The second-order valence-corrected chi connectivity index (χ2v) is 5.50. The van der Waals surface area contributed by atoms with E-state index in [-0.39, 0.29) is 11.9 Å². The van der Waals surface area contributed by atoms with Crippen LogP contribution >= 0.6 is 0 Å². The van der Waals surface area contributed by atoms with Crippen molar-refractivity contribution in [2.24, 2.45) is 0 Å². The van der Waals surface area contributed by atoms with Crippen molar-refractivity contribution in [1.29, 1.82) is 0 Å². The highest BCUT2D eigenvalue weighted by Crippen LogP contribution is 2.22. The minimum Gasteiger partial charge on any atom is -0.497 e. The maximum atomic E-state index is 12.3. The molecule has 0 saturated carbocycles. The predicted molar refractivity (Wildman–Crippen MR) is 83.5 cm³/mol. The van der Waals surface area contributed by atoms with Gasteiger partial charge in [-0.3, -0.25) is 9.69 Å². The van der Waals surface area contributed by atoms with Gasteiger partial charge >= 0.3 is 0 Å². The number of methoxy groups -OCH3 is 1. The Morgan fingerprint density at radius 1 is 1.43 bits per heavy atom. The number of nitrogens with one attached hydrogen (secondary N) is 1. The summed E-state index contributed by atoms with van der Waals surface area (Å²) < 4.78 is 5.26. The summed E-state index contributed by atoms with van der Waals surface area (Å²) in [6.45, 7) is 5.94. The first-order valence-electron chi connectivity index (χ1n) is 7.44. The lowest BCUT2D eigenvalue weighted by molar-refractivity contribution is -0.133. The van der Waals surface area contributed by atoms with Crippen molar-refractivity contribution in [2.45, 2.75) is 13.0 Å². The van der Waals surface area contributed by atoms with Crippen LogP contribution in [0.2, 0.25) is 0 Å². The van der Waals surface area contributed by atoms with Crippen molar-refractivity contribution in [1.82, 2.24) is 15.1 Å². The number of likely N-dealkylation sites (N-methyl/N-ethyl adjacent to an activating group) is 1. The van der Waals surface area contributed by atoms with E-state index in [4.69, 9.17) is 4.74 Å². The lowest BCUT2D eigenvalue weighted by Crippen LogP contribution is -2.49. The van der Waals surface area contributed by atoms with Crippen LogP contribution < -0.4 is 10.1 Å². The van der Waals surface area contributed by atoms with Crippen molar-refractivity contribution < 1.29 is 9.53 Å². The van der Waals surface area contributed by atoms with Crippen LogP contribution in [-0.2, 0) is 4.79 Å². The van der Waals surface area contributed by atoms with Crippen LogP contribution in [0.5, 0.6) is 5.75 Å². The first-order chi connectivity index (χ1) is 10.1. The maximum absolute atomic E-state index is 12.3. The van der Waals surface area contributed by atoms with Crippen molar-refractivity contribution in [3.63, 3.8) is 0 Å². The Morgan fingerprint density at radius 3 is 2.81 bits per heavy atom. The molecular weight excluding hydrogens is 266 g/mol. The van der Waals surface area contributed by atoms with Crippen molar-refractivity contribution in [3.05, 3.63) is 29.8 Å². The topological polar surface area (TPSA) is 44.8 Å². The molecule has 1 unspecified atom stereocenters. The third-order valence-electron chi connectivity index (χ3n) is 4.09. The lowest BCUT2D eigenvalue weighted by Gasteiger charge is -2.31. The third kappa shape index (κ3) is 4.19. The van der Waals surface area contributed by atoms with Crippen LogP contribution in [-0.4, -0.2) is 62.6 Å². The molecule has 1 heterocycles. The Morgan fingerprint density at radius 2 is 2.14 bits per heavy atom. The first-order valence-corrected chi connectivity index (χ1v) is 7.44. The monoisotopic (exact) mass is 291 g/mol. The van der Waals surface area contributed by atoms with Crippen LogP contribution in [0.3, 0.4) is 0 Å². The molecule has 21 heavy (non-hydrogen) atoms. The summed E-state index contributed by atoms with van der Waals surface area (Å²) in [4.78, 5) is 16.3. The van der Waals surface area contributed by atoms with Gasteiger partial charge in [-0.05, 0) is 31.7 Å². The Balaban J connectivity index is 1.94. The van der Waals surface area contributed by atoms with E-state index in [1.807, 2.05) is 30.1 Å². The van der Waals surface area contributed by atoms with Gasteiger partial charge in [-0.15, -0.1) is 0 Å². The van der Waals surface area contributed by atoms with E-state index in [1.165, 1.54) is 0 Å². The zero-order valence-corrected chi connectivity index (χ0v) is 13.1. The number of hydrogen-bond acceptors (Lipinski definition) is 4. The van der Waals surface area contributed by atoms with Crippen LogP contribution in [0.15, 0.2) is 24.3 Å². The summed E-state index contributed by atoms with van der Waals surface area (Å²) in [5, 5.41) is 3.26. The highest BCUT2D eigenvalue weighted by Gasteiger charge is 2.20. The van der Waals surface area contributed by atoms with Gasteiger partial charge < -0.3 is 15.0 Å². The summed E-state index contributed by atoms with van der Waals surface area (Å²) in [5.41, 5.74) is 1.16. The summed E-state index contributed by atoms with van der Waals surface area (Å²) in [6.07, 6.45) is 0. The standard InChI is InChI=1S/C16H25N3O2/c1-13(14-5-4-6-15(11-14)21-3)18(2)12-16(20)19-9-7-17-8-10-19/h4-6,11,13,17H,7-10,12H2,1-3H3. The van der Waals surface area contributed by atoms with E-state index in [0.717, 1.165) is 37.5 Å². The number of amides is 1. The van der Waals surface area contributed by atoms with Gasteiger partial charge in [-0.1, -0.05) is 12.1 Å². The van der Waals surface area contributed by atoms with E-state index in [9.17, 15) is 4.79 Å². The molecule has 5 nitrogen and oxygen atoms in total. The molecular formula is C16H25N3O2. The molecule has 0 aliphatic carbocycles. The Kier molecular flexibility index (Phi) is 5.59. The molecule has 5 heteroatoms. The van der Waals surface area contributed by atoms with Crippen LogP contribution in [0.1, 0.15) is 18.5 Å². The molecule has 1 aromatic carbocycles. The molecule has 0 aromatic heterocycles. The summed E-state index contributed by atoms with van der Waals surface area (Å²) in [7, 11) is 3.66. The number of nitrogens with zero attached hydrogens (tertiary/aromatic N) is 2. The Hall–Kier alpha value is -1.59. The van der Waals surface area contributed by atoms with E-state index in [1.54, 1.807) is 7.11 Å². The number of hydrogen-bond donors (Lipinski definition) is 1. The highest BCUT2D eigenvalue weighted by atomic mass is 16.5. The van der Waals surface area contributed by atoms with Crippen LogP contribution in [0, 0.1) is 0 Å². The zero-order chi connectivity index (χ0) is 15.2. The largest absolute Gasteiger partial charge is 0.497 e. The number of ether oxygens (including phenoxy) is 1. The molecule has 116 valence electrons. The van der Waals surface area contributed by atoms with Gasteiger partial charge in [-0.25, -0.2) is 0 Å². The highest BCUT2D eigenvalue weighted by molar-refractivity contribution is 5.78. The van der Waals surface area contributed by atoms with E-state index in [2.05, 4.69) is 23.2 Å². The maximum Gasteiger partial charge on any atom is 0.236 e. The Labute approximate surface area is 126 Å². The molecule has 1 atom stereocenters. The number of carbonyl (C=O) groups is 1. The molecule has 1 N–H and O–H groups in total. The minimum atomic E-state index is 0.173. The quantitative estimate of drug-likeness (QED) is 0.883. The number of benzene rings is 1. The molecule has 1 fully saturated rings. The van der Waals surface area contributed by atoms with Crippen molar-refractivity contribution in [2.75, 3.05) is 46.9 Å². The number of carbonyl (C=O) groups excluding carboxylic acids is 1. The van der Waals surface area contributed by atoms with Gasteiger partial charge in [0, 0.05) is 32.2 Å². The molecule has 1 saturated heterocycles. The average molecular weight is 291 g/mol. The minimum absolute atomic E-state index is 0.173. The molecule has 1 aromatic rings. The SMILES string of the molecule is COc1cccc(C(C)N(C)CC(=O)N2CCNCC2)c1. The van der Waals surface area contributed by atoms with E-state index >= 15 is 0 Å². The first kappa shape index (κ1) is 15.8. The van der Waals surface area contributed by atoms with E-state index in [0.29, 0.717) is 6.54 Å². The second-order valence-electron chi connectivity index (χ2n) is 5.50. The van der Waals surface area contributed by atoms with E-state index < -0.39 is 0 Å². The lowest BCUT2D eigenvalue weighted by atomic mass is 10.1. The second kappa shape index (κ2) is 7.43. The fourth-order valence-electron chi connectivity index (χ4n) is 2.52. The smallest absolute Gasteiger partial charge is 0.236 e. The van der Waals surface area contributed by atoms with Gasteiger partial charge in [0.25, 0.3) is 0 Å². The molecule has 2 rings (SSSR count). The molecule has 0 radical (unpaired) electrons. The van der Waals surface area contributed by atoms with Gasteiger partial charge in [0.15, 0.2) is 0 Å². The molecule has 1 aliphatic heterocycles. The third-order valence-corrected chi connectivity index (χ3v) is 4.09. The number of piperazine rings is 1. The van der Waals surface area contributed by atoms with Gasteiger partial charge in [0.2, 0.25) is 5.91 Å². The fraction of sp³-hybridized carbons (Fsp3) is 0.562. The molecule has 1 aliphatic rings. The molecule has 1 amide bonds. The van der Waals surface area contributed by atoms with Crippen LogP contribution in [0.4, 0.5) is 0 Å². The Bertz CT molecular complexity index is 472. The van der Waals surface area contributed by atoms with Gasteiger partial charge in [-0.2, -0.15) is 0 Å². The van der Waals surface area contributed by atoms with Gasteiger partial charge in [0.05, 0.1) is 13.7 Å². The summed E-state index contributed by atoms with van der Waals surface area (Å²) >= 11 is 0.